The lowest BCUT2D eigenvalue weighted by atomic mass is 9.90. The highest BCUT2D eigenvalue weighted by molar-refractivity contribution is 7.13. The van der Waals surface area contributed by atoms with Crippen molar-refractivity contribution in [2.24, 2.45) is 11.7 Å². The molecule has 7 nitrogen and oxygen atoms in total. The van der Waals surface area contributed by atoms with E-state index >= 15 is 0 Å². The molecule has 2 aromatic heterocycles. The molecule has 3 N–H and O–H groups in total. The van der Waals surface area contributed by atoms with Crippen LogP contribution >= 0.6 is 11.3 Å². The molecule has 0 spiro atoms. The lowest BCUT2D eigenvalue weighted by molar-refractivity contribution is 0.0833. The zero-order chi connectivity index (χ0) is 21.3. The summed E-state index contributed by atoms with van der Waals surface area (Å²) < 4.78 is 5.35. The van der Waals surface area contributed by atoms with Gasteiger partial charge in [0.05, 0.1) is 12.2 Å². The van der Waals surface area contributed by atoms with E-state index in [-0.39, 0.29) is 12.0 Å². The molecule has 0 radical (unpaired) electrons. The number of H-pyrrole nitrogens is 1. The number of nitrogens with zero attached hydrogens (tertiary/aromatic N) is 2. The standard InChI is InChI=1S/C22H26N4O3S/c1-13(2)12-29-22(28)26-7-5-14(6-8-26)19-16-10-15(18-4-3-9-30-18)11-17(21(23)27)20(16)25-24-19/h3-4,9-11,13-14H,5-8,12H2,1-2H3,(H2,23,27)(H,24,25). The SMILES string of the molecule is CC(C)COC(=O)N1CCC(c2[nH]nc3c(C(N)=O)cc(-c4cccs4)cc23)CC1. The molecule has 30 heavy (non-hydrogen) atoms. The highest BCUT2D eigenvalue weighted by atomic mass is 32.1. The second kappa shape index (κ2) is 8.47. The van der Waals surface area contributed by atoms with Crippen molar-refractivity contribution in [3.63, 3.8) is 0 Å². The summed E-state index contributed by atoms with van der Waals surface area (Å²) in [6.07, 6.45) is 1.37. The van der Waals surface area contributed by atoms with Crippen molar-refractivity contribution in [1.82, 2.24) is 15.1 Å². The van der Waals surface area contributed by atoms with Gasteiger partial charge in [0.15, 0.2) is 0 Å². The maximum Gasteiger partial charge on any atom is 0.409 e. The summed E-state index contributed by atoms with van der Waals surface area (Å²) in [6, 6.07) is 7.90. The smallest absolute Gasteiger partial charge is 0.409 e. The van der Waals surface area contributed by atoms with Crippen LogP contribution in [0.5, 0.6) is 0 Å². The van der Waals surface area contributed by atoms with E-state index in [1.54, 1.807) is 16.2 Å². The minimum Gasteiger partial charge on any atom is -0.449 e. The van der Waals surface area contributed by atoms with Gasteiger partial charge in [-0.25, -0.2) is 4.79 Å². The average Bonchev–Trinajstić information content (AvgIpc) is 3.41. The van der Waals surface area contributed by atoms with Crippen LogP contribution in [0, 0.1) is 5.92 Å². The maximum absolute atomic E-state index is 12.2. The van der Waals surface area contributed by atoms with Gasteiger partial charge in [-0.15, -0.1) is 11.3 Å². The maximum atomic E-state index is 12.2. The van der Waals surface area contributed by atoms with Gasteiger partial charge in [-0.1, -0.05) is 19.9 Å². The summed E-state index contributed by atoms with van der Waals surface area (Å²) >= 11 is 1.62. The Morgan fingerprint density at radius 2 is 2.10 bits per heavy atom. The molecule has 1 aromatic carbocycles. The first kappa shape index (κ1) is 20.4. The molecule has 0 unspecified atom stereocenters. The van der Waals surface area contributed by atoms with Crippen LogP contribution in [0.3, 0.4) is 0 Å². The number of fused-ring (bicyclic) bond motifs is 1. The molecule has 3 aromatic rings. The number of nitrogens with two attached hydrogens (primary N) is 1. The quantitative estimate of drug-likeness (QED) is 0.633. The number of aromatic amines is 1. The van der Waals surface area contributed by atoms with Gasteiger partial charge in [-0.05, 0) is 47.9 Å². The van der Waals surface area contributed by atoms with Crippen LogP contribution in [0.25, 0.3) is 21.3 Å². The lowest BCUT2D eigenvalue weighted by Crippen LogP contribution is -2.38. The van der Waals surface area contributed by atoms with Crippen molar-refractivity contribution < 1.29 is 14.3 Å². The fourth-order valence-electron chi connectivity index (χ4n) is 3.90. The molecule has 4 rings (SSSR count). The number of piperidine rings is 1. The van der Waals surface area contributed by atoms with Gasteiger partial charge in [0.1, 0.15) is 5.52 Å². The topological polar surface area (TPSA) is 101 Å². The zero-order valence-corrected chi connectivity index (χ0v) is 18.0. The number of ether oxygens (including phenoxy) is 1. The van der Waals surface area contributed by atoms with E-state index in [1.165, 1.54) is 0 Å². The zero-order valence-electron chi connectivity index (χ0n) is 17.2. The summed E-state index contributed by atoms with van der Waals surface area (Å²) in [7, 11) is 0. The summed E-state index contributed by atoms with van der Waals surface area (Å²) in [5.41, 5.74) is 8.64. The Morgan fingerprint density at radius 1 is 1.33 bits per heavy atom. The molecule has 1 fully saturated rings. The first-order chi connectivity index (χ1) is 14.4. The number of likely N-dealkylation sites (tertiary alicyclic amines) is 1. The molecular weight excluding hydrogens is 400 g/mol. The van der Waals surface area contributed by atoms with Gasteiger partial charge >= 0.3 is 6.09 Å². The highest BCUT2D eigenvalue weighted by Gasteiger charge is 2.28. The number of benzene rings is 1. The molecule has 0 atom stereocenters. The van der Waals surface area contributed by atoms with E-state index < -0.39 is 5.91 Å². The monoisotopic (exact) mass is 426 g/mol. The van der Waals surface area contributed by atoms with Crippen molar-refractivity contribution in [1.29, 1.82) is 0 Å². The Balaban J connectivity index is 1.58. The Kier molecular flexibility index (Phi) is 5.76. The number of rotatable bonds is 5. The van der Waals surface area contributed by atoms with Gasteiger partial charge in [-0.3, -0.25) is 9.89 Å². The second-order valence-electron chi connectivity index (χ2n) is 8.13. The van der Waals surface area contributed by atoms with E-state index in [2.05, 4.69) is 16.3 Å². The lowest BCUT2D eigenvalue weighted by Gasteiger charge is -2.31. The largest absolute Gasteiger partial charge is 0.449 e. The molecule has 1 aliphatic heterocycles. The van der Waals surface area contributed by atoms with Gasteiger partial charge in [0, 0.05) is 35.0 Å². The molecule has 0 aliphatic carbocycles. The van der Waals surface area contributed by atoms with Gasteiger partial charge in [0.2, 0.25) is 0 Å². The summed E-state index contributed by atoms with van der Waals surface area (Å²) in [6.45, 7) is 5.75. The fourth-order valence-corrected chi connectivity index (χ4v) is 4.62. The van der Waals surface area contributed by atoms with Gasteiger partial charge in [0.25, 0.3) is 5.91 Å². The number of carbonyl (C=O) groups excluding carboxylic acids is 2. The van der Waals surface area contributed by atoms with Crippen molar-refractivity contribution in [2.75, 3.05) is 19.7 Å². The Morgan fingerprint density at radius 3 is 2.73 bits per heavy atom. The molecule has 1 saturated heterocycles. The fraction of sp³-hybridized carbons (Fsp3) is 0.409. The number of hydrogen-bond donors (Lipinski definition) is 2. The third kappa shape index (κ3) is 4.05. The average molecular weight is 427 g/mol. The Bertz CT molecular complexity index is 1050. The molecule has 0 saturated carbocycles. The predicted molar refractivity (Wildman–Crippen MR) is 118 cm³/mol. The van der Waals surface area contributed by atoms with E-state index in [4.69, 9.17) is 10.5 Å². The minimum absolute atomic E-state index is 0.225. The third-order valence-electron chi connectivity index (χ3n) is 5.46. The Hall–Kier alpha value is -2.87. The summed E-state index contributed by atoms with van der Waals surface area (Å²) in [5.74, 6) is 0.0578. The predicted octanol–water partition coefficient (Wildman–Crippen LogP) is 4.36. The van der Waals surface area contributed by atoms with Gasteiger partial charge in [-0.2, -0.15) is 5.10 Å². The first-order valence-electron chi connectivity index (χ1n) is 10.2. The number of nitrogens with one attached hydrogen (secondary N) is 1. The van der Waals surface area contributed by atoms with Crippen LogP contribution in [0.15, 0.2) is 29.6 Å². The van der Waals surface area contributed by atoms with E-state index in [0.29, 0.717) is 36.7 Å². The normalized spacial score (nSPS) is 15.1. The first-order valence-corrected chi connectivity index (χ1v) is 11.1. The summed E-state index contributed by atoms with van der Waals surface area (Å²) in [5, 5.41) is 10.5. The summed E-state index contributed by atoms with van der Waals surface area (Å²) in [4.78, 5) is 27.1. The van der Waals surface area contributed by atoms with Crippen molar-refractivity contribution in [3.05, 3.63) is 40.9 Å². The number of aromatic nitrogens is 2. The van der Waals surface area contributed by atoms with Crippen LogP contribution in [0.2, 0.25) is 0 Å². The highest BCUT2D eigenvalue weighted by Crippen LogP contribution is 2.36. The molecule has 0 bridgehead atoms. The molecule has 3 heterocycles. The van der Waals surface area contributed by atoms with E-state index in [0.717, 1.165) is 34.4 Å². The van der Waals surface area contributed by atoms with Crippen molar-refractivity contribution in [3.8, 4) is 10.4 Å². The number of thiophene rings is 1. The number of carbonyl (C=O) groups is 2. The second-order valence-corrected chi connectivity index (χ2v) is 9.08. The van der Waals surface area contributed by atoms with Crippen LogP contribution in [0.1, 0.15) is 48.7 Å². The molecule has 1 aliphatic rings. The molecular formula is C22H26N4O3S. The number of amides is 2. The minimum atomic E-state index is -0.487. The number of hydrogen-bond acceptors (Lipinski definition) is 5. The van der Waals surface area contributed by atoms with Crippen LogP contribution in [0.4, 0.5) is 4.79 Å². The van der Waals surface area contributed by atoms with E-state index in [9.17, 15) is 9.59 Å². The van der Waals surface area contributed by atoms with E-state index in [1.807, 2.05) is 37.4 Å². The third-order valence-corrected chi connectivity index (χ3v) is 6.38. The molecule has 158 valence electrons. The molecule has 2 amide bonds. The Labute approximate surface area is 179 Å². The van der Waals surface area contributed by atoms with Crippen LogP contribution < -0.4 is 5.73 Å². The van der Waals surface area contributed by atoms with Crippen molar-refractivity contribution in [2.45, 2.75) is 32.6 Å². The molecule has 8 heteroatoms. The van der Waals surface area contributed by atoms with Crippen molar-refractivity contribution >= 4 is 34.2 Å². The van der Waals surface area contributed by atoms with Gasteiger partial charge < -0.3 is 15.4 Å². The van der Waals surface area contributed by atoms with Crippen LogP contribution in [-0.4, -0.2) is 46.8 Å². The van der Waals surface area contributed by atoms with Crippen LogP contribution in [-0.2, 0) is 4.74 Å². The number of primary amides is 1.